The molecule has 0 aliphatic carbocycles. The summed E-state index contributed by atoms with van der Waals surface area (Å²) in [6.07, 6.45) is 1.13. The molecule has 6 nitrogen and oxygen atoms in total. The van der Waals surface area contributed by atoms with Crippen LogP contribution in [0.25, 0.3) is 10.9 Å². The maximum Gasteiger partial charge on any atom is 0.292 e. The van der Waals surface area contributed by atoms with Crippen molar-refractivity contribution in [1.29, 1.82) is 0 Å². The Morgan fingerprint density at radius 1 is 1.04 bits per heavy atom. The SMILES string of the molecule is Cc1[nH]c2ccccc2c1C(=O)C(=O)N[C@@H](C)c1ccc(S(C)(=O)=O)cc1. The van der Waals surface area contributed by atoms with Crippen molar-refractivity contribution in [1.82, 2.24) is 10.3 Å². The van der Waals surface area contributed by atoms with Crippen LogP contribution in [-0.4, -0.2) is 31.3 Å². The van der Waals surface area contributed by atoms with Crippen LogP contribution >= 0.6 is 0 Å². The fraction of sp³-hybridized carbons (Fsp3) is 0.200. The number of aromatic amines is 1. The van der Waals surface area contributed by atoms with Gasteiger partial charge in [0.1, 0.15) is 0 Å². The van der Waals surface area contributed by atoms with E-state index in [1.54, 1.807) is 32.0 Å². The summed E-state index contributed by atoms with van der Waals surface area (Å²) in [5.74, 6) is -1.31. The minimum absolute atomic E-state index is 0.204. The molecule has 0 aliphatic rings. The van der Waals surface area contributed by atoms with Gasteiger partial charge in [-0.1, -0.05) is 30.3 Å². The number of aromatic nitrogens is 1. The van der Waals surface area contributed by atoms with E-state index in [9.17, 15) is 18.0 Å². The first-order chi connectivity index (χ1) is 12.7. The molecule has 3 rings (SSSR count). The number of nitrogens with one attached hydrogen (secondary N) is 2. The number of rotatable bonds is 5. The Balaban J connectivity index is 1.80. The van der Waals surface area contributed by atoms with Crippen molar-refractivity contribution < 1.29 is 18.0 Å². The zero-order chi connectivity index (χ0) is 19.8. The van der Waals surface area contributed by atoms with Gasteiger partial charge in [-0.3, -0.25) is 9.59 Å². The number of amides is 1. The van der Waals surface area contributed by atoms with Gasteiger partial charge in [-0.15, -0.1) is 0 Å². The molecule has 27 heavy (non-hydrogen) atoms. The van der Waals surface area contributed by atoms with Crippen molar-refractivity contribution in [3.63, 3.8) is 0 Å². The van der Waals surface area contributed by atoms with Crippen LogP contribution in [0.4, 0.5) is 0 Å². The molecule has 0 saturated heterocycles. The smallest absolute Gasteiger partial charge is 0.292 e. The van der Waals surface area contributed by atoms with Crippen molar-refractivity contribution in [2.75, 3.05) is 6.26 Å². The van der Waals surface area contributed by atoms with Gasteiger partial charge < -0.3 is 10.3 Å². The highest BCUT2D eigenvalue weighted by atomic mass is 32.2. The van der Waals surface area contributed by atoms with Crippen LogP contribution in [0, 0.1) is 6.92 Å². The molecule has 0 spiro atoms. The number of ketones is 1. The third kappa shape index (κ3) is 3.78. The van der Waals surface area contributed by atoms with Gasteiger partial charge in [-0.05, 0) is 37.6 Å². The number of H-pyrrole nitrogens is 1. The monoisotopic (exact) mass is 384 g/mol. The van der Waals surface area contributed by atoms with Crippen molar-refractivity contribution in [2.24, 2.45) is 0 Å². The summed E-state index contributed by atoms with van der Waals surface area (Å²) >= 11 is 0. The molecule has 7 heteroatoms. The second-order valence-corrected chi connectivity index (χ2v) is 8.55. The Morgan fingerprint density at radius 3 is 2.30 bits per heavy atom. The highest BCUT2D eigenvalue weighted by Gasteiger charge is 2.24. The number of carbonyl (C=O) groups is 2. The first-order valence-electron chi connectivity index (χ1n) is 8.41. The van der Waals surface area contributed by atoms with E-state index < -0.39 is 27.6 Å². The van der Waals surface area contributed by atoms with Gasteiger partial charge in [-0.25, -0.2) is 8.42 Å². The van der Waals surface area contributed by atoms with Gasteiger partial charge in [0.2, 0.25) is 0 Å². The Hall–Kier alpha value is -2.93. The molecule has 0 radical (unpaired) electrons. The molecule has 0 aliphatic heterocycles. The van der Waals surface area contributed by atoms with Gasteiger partial charge in [-0.2, -0.15) is 0 Å². The second-order valence-electron chi connectivity index (χ2n) is 6.54. The summed E-state index contributed by atoms with van der Waals surface area (Å²) in [5.41, 5.74) is 2.51. The minimum atomic E-state index is -3.28. The van der Waals surface area contributed by atoms with Crippen LogP contribution < -0.4 is 5.32 Å². The highest BCUT2D eigenvalue weighted by Crippen LogP contribution is 2.23. The maximum absolute atomic E-state index is 12.7. The fourth-order valence-corrected chi connectivity index (χ4v) is 3.66. The molecular formula is C20H20N2O4S. The molecule has 1 atom stereocenters. The Bertz CT molecular complexity index is 1130. The third-order valence-electron chi connectivity index (χ3n) is 4.48. The lowest BCUT2D eigenvalue weighted by atomic mass is 10.0. The second kappa shape index (κ2) is 7.00. The summed E-state index contributed by atoms with van der Waals surface area (Å²) in [7, 11) is -3.28. The topological polar surface area (TPSA) is 96.1 Å². The van der Waals surface area contributed by atoms with Gasteiger partial charge in [0.25, 0.3) is 11.7 Å². The van der Waals surface area contributed by atoms with E-state index >= 15 is 0 Å². The molecule has 3 aromatic rings. The third-order valence-corrected chi connectivity index (χ3v) is 5.61. The summed E-state index contributed by atoms with van der Waals surface area (Å²) in [6, 6.07) is 13.1. The summed E-state index contributed by atoms with van der Waals surface area (Å²) < 4.78 is 23.1. The molecule has 1 heterocycles. The molecular weight excluding hydrogens is 364 g/mol. The average molecular weight is 384 g/mol. The van der Waals surface area contributed by atoms with Gasteiger partial charge in [0.05, 0.1) is 16.5 Å². The van der Waals surface area contributed by atoms with Crippen LogP contribution in [0.1, 0.15) is 34.6 Å². The number of aryl methyl sites for hydroxylation is 1. The van der Waals surface area contributed by atoms with Crippen LogP contribution in [0.15, 0.2) is 53.4 Å². The zero-order valence-corrected chi connectivity index (χ0v) is 16.1. The predicted molar refractivity (Wildman–Crippen MR) is 103 cm³/mol. The van der Waals surface area contributed by atoms with E-state index in [1.807, 2.05) is 18.2 Å². The predicted octanol–water partition coefficient (Wildman–Crippen LogP) is 2.94. The number of hydrogen-bond donors (Lipinski definition) is 2. The van der Waals surface area contributed by atoms with Crippen molar-refractivity contribution in [2.45, 2.75) is 24.8 Å². The summed E-state index contributed by atoms with van der Waals surface area (Å²) in [5, 5.41) is 3.39. The summed E-state index contributed by atoms with van der Waals surface area (Å²) in [4.78, 5) is 28.5. The molecule has 1 amide bonds. The van der Waals surface area contributed by atoms with E-state index in [0.717, 1.165) is 11.8 Å². The number of hydrogen-bond acceptors (Lipinski definition) is 4. The van der Waals surface area contributed by atoms with Gasteiger partial charge in [0, 0.05) is 22.9 Å². The van der Waals surface area contributed by atoms with E-state index in [4.69, 9.17) is 0 Å². The zero-order valence-electron chi connectivity index (χ0n) is 15.2. The Kier molecular flexibility index (Phi) is 4.89. The van der Waals surface area contributed by atoms with Crippen molar-refractivity contribution >= 4 is 32.4 Å². The van der Waals surface area contributed by atoms with E-state index in [2.05, 4.69) is 10.3 Å². The molecule has 140 valence electrons. The van der Waals surface area contributed by atoms with Gasteiger partial charge >= 0.3 is 0 Å². The Labute approximate surface area is 157 Å². The first kappa shape index (κ1) is 18.8. The average Bonchev–Trinajstić information content (AvgIpc) is 2.96. The highest BCUT2D eigenvalue weighted by molar-refractivity contribution is 7.90. The molecule has 2 N–H and O–H groups in total. The molecule has 0 bridgehead atoms. The number of carbonyl (C=O) groups excluding carboxylic acids is 2. The lowest BCUT2D eigenvalue weighted by Gasteiger charge is -2.14. The minimum Gasteiger partial charge on any atom is -0.358 e. The number of fused-ring (bicyclic) bond motifs is 1. The van der Waals surface area contributed by atoms with E-state index in [-0.39, 0.29) is 4.90 Å². The van der Waals surface area contributed by atoms with Crippen LogP contribution in [0.2, 0.25) is 0 Å². The lowest BCUT2D eigenvalue weighted by Crippen LogP contribution is -2.33. The van der Waals surface area contributed by atoms with Crippen LogP contribution in [0.5, 0.6) is 0 Å². The molecule has 2 aromatic carbocycles. The van der Waals surface area contributed by atoms with Crippen LogP contribution in [-0.2, 0) is 14.6 Å². The normalized spacial score (nSPS) is 12.7. The first-order valence-corrected chi connectivity index (χ1v) is 10.3. The lowest BCUT2D eigenvalue weighted by molar-refractivity contribution is -0.117. The number of para-hydroxylation sites is 1. The Morgan fingerprint density at radius 2 is 1.67 bits per heavy atom. The van der Waals surface area contributed by atoms with E-state index in [0.29, 0.717) is 22.2 Å². The van der Waals surface area contributed by atoms with Crippen molar-refractivity contribution in [3.05, 3.63) is 65.4 Å². The molecule has 0 fully saturated rings. The largest absolute Gasteiger partial charge is 0.358 e. The molecule has 1 aromatic heterocycles. The number of Topliss-reactive ketones (excluding diaryl/α,β-unsaturated/α-hetero) is 1. The number of benzene rings is 2. The summed E-state index contributed by atoms with van der Waals surface area (Å²) in [6.45, 7) is 3.50. The van der Waals surface area contributed by atoms with Crippen molar-refractivity contribution in [3.8, 4) is 0 Å². The fourth-order valence-electron chi connectivity index (χ4n) is 3.03. The van der Waals surface area contributed by atoms with E-state index in [1.165, 1.54) is 12.1 Å². The molecule has 0 saturated carbocycles. The van der Waals surface area contributed by atoms with Gasteiger partial charge in [0.15, 0.2) is 9.84 Å². The number of sulfone groups is 1. The standard InChI is InChI=1S/C20H20N2O4S/c1-12(14-8-10-15(11-9-14)27(3,25)26)22-20(24)19(23)18-13(2)21-17-7-5-4-6-16(17)18/h4-12,21H,1-3H3,(H,22,24)/t12-/m0/s1. The quantitative estimate of drug-likeness (QED) is 0.522. The maximum atomic E-state index is 12.7. The van der Waals surface area contributed by atoms with Crippen LogP contribution in [0.3, 0.4) is 0 Å². The molecule has 0 unspecified atom stereocenters.